The van der Waals surface area contributed by atoms with Crippen molar-refractivity contribution in [2.24, 2.45) is 0 Å². The second-order valence-corrected chi connectivity index (χ2v) is 8.71. The van der Waals surface area contributed by atoms with Gasteiger partial charge in [0, 0.05) is 18.3 Å². The van der Waals surface area contributed by atoms with E-state index in [1.807, 2.05) is 27.7 Å². The van der Waals surface area contributed by atoms with Gasteiger partial charge < -0.3 is 19.3 Å². The van der Waals surface area contributed by atoms with Gasteiger partial charge in [0.25, 0.3) is 0 Å². The molecule has 0 aliphatic carbocycles. The molecule has 158 valence electrons. The molecule has 8 heteroatoms. The van der Waals surface area contributed by atoms with Gasteiger partial charge in [-0.3, -0.25) is 4.79 Å². The van der Waals surface area contributed by atoms with Crippen LogP contribution in [0.15, 0.2) is 17.1 Å². The Kier molecular flexibility index (Phi) is 5.42. The summed E-state index contributed by atoms with van der Waals surface area (Å²) in [7, 11) is 0. The molecule has 0 amide bonds. The number of nitrogens with zero attached hydrogens (tertiary/aromatic N) is 3. The summed E-state index contributed by atoms with van der Waals surface area (Å²) in [6.45, 7) is 9.81. The third-order valence-electron chi connectivity index (χ3n) is 5.48. The molecule has 1 N–H and O–H groups in total. The first kappa shape index (κ1) is 21.2. The lowest BCUT2D eigenvalue weighted by Gasteiger charge is -2.35. The number of aliphatic hydroxyl groups is 1. The highest BCUT2D eigenvalue weighted by Gasteiger charge is 2.38. The molecule has 0 radical (unpaired) electrons. The van der Waals surface area contributed by atoms with Crippen LogP contribution >= 0.6 is 0 Å². The van der Waals surface area contributed by atoms with Crippen molar-refractivity contribution in [3.05, 3.63) is 33.9 Å². The molecule has 1 unspecified atom stereocenters. The first-order chi connectivity index (χ1) is 13.5. The topological polar surface area (TPSA) is 84.7 Å². The summed E-state index contributed by atoms with van der Waals surface area (Å²) in [5.41, 5.74) is -1.60. The Morgan fingerprint density at radius 2 is 2.10 bits per heavy atom. The zero-order valence-corrected chi connectivity index (χ0v) is 17.6. The van der Waals surface area contributed by atoms with Gasteiger partial charge in [-0.15, -0.1) is 0 Å². The van der Waals surface area contributed by atoms with E-state index in [2.05, 4.69) is 4.98 Å². The Morgan fingerprint density at radius 1 is 1.41 bits per heavy atom. The Balaban J connectivity index is 2.31. The number of fused-ring (bicyclic) bond motifs is 1. The number of aliphatic hydroxyl groups excluding tert-OH is 1. The van der Waals surface area contributed by atoms with Gasteiger partial charge in [0.05, 0.1) is 24.1 Å². The lowest BCUT2D eigenvalue weighted by molar-refractivity contribution is 0.0524. The molecule has 3 heterocycles. The summed E-state index contributed by atoms with van der Waals surface area (Å²) in [6.07, 6.45) is 2.97. The van der Waals surface area contributed by atoms with Crippen molar-refractivity contribution in [3.8, 4) is 0 Å². The molecule has 7 nitrogen and oxygen atoms in total. The van der Waals surface area contributed by atoms with E-state index < -0.39 is 28.3 Å². The number of halogens is 1. The second kappa shape index (κ2) is 7.40. The number of ether oxygens (including phenoxy) is 1. The normalized spacial score (nSPS) is 19.8. The molecule has 0 saturated carbocycles. The van der Waals surface area contributed by atoms with E-state index in [-0.39, 0.29) is 30.0 Å². The highest BCUT2D eigenvalue weighted by Crippen LogP contribution is 2.35. The summed E-state index contributed by atoms with van der Waals surface area (Å²) < 4.78 is 21.8. The lowest BCUT2D eigenvalue weighted by Crippen LogP contribution is -2.45. The standard InChI is InChI=1S/C21H28FN3O4/c1-6-29-19(28)14-11-25(20(2,3)4)17-13(16(14)27)10-15(22)18(23-17)24-9-7-8-21(24,5)12-26/h10-11,26H,6-9,12H2,1-5H3. The van der Waals surface area contributed by atoms with Crippen molar-refractivity contribution in [1.82, 2.24) is 9.55 Å². The van der Waals surface area contributed by atoms with Crippen LogP contribution in [0.25, 0.3) is 11.0 Å². The fourth-order valence-electron chi connectivity index (χ4n) is 3.82. The zero-order valence-electron chi connectivity index (χ0n) is 17.6. The molecule has 1 aliphatic rings. The number of hydrogen-bond acceptors (Lipinski definition) is 6. The zero-order chi connectivity index (χ0) is 21.6. The Hall–Kier alpha value is -2.48. The van der Waals surface area contributed by atoms with E-state index in [0.29, 0.717) is 12.2 Å². The van der Waals surface area contributed by atoms with Crippen molar-refractivity contribution in [2.45, 2.75) is 58.5 Å². The first-order valence-corrected chi connectivity index (χ1v) is 9.85. The number of rotatable bonds is 4. The van der Waals surface area contributed by atoms with Gasteiger partial charge in [-0.05, 0) is 53.5 Å². The van der Waals surface area contributed by atoms with Gasteiger partial charge >= 0.3 is 5.97 Å². The number of carbonyl (C=O) groups is 1. The Labute approximate surface area is 169 Å². The van der Waals surface area contributed by atoms with Crippen LogP contribution < -0.4 is 10.3 Å². The predicted molar refractivity (Wildman–Crippen MR) is 109 cm³/mol. The number of esters is 1. The molecular weight excluding hydrogens is 377 g/mol. The average Bonchev–Trinajstić information content (AvgIpc) is 3.03. The number of carbonyl (C=O) groups excluding carboxylic acids is 1. The fourth-order valence-corrected chi connectivity index (χ4v) is 3.82. The maximum Gasteiger partial charge on any atom is 0.343 e. The van der Waals surface area contributed by atoms with Crippen molar-refractivity contribution < 1.29 is 19.0 Å². The van der Waals surface area contributed by atoms with Gasteiger partial charge in [-0.25, -0.2) is 14.2 Å². The molecule has 2 aromatic heterocycles. The fraction of sp³-hybridized carbons (Fsp3) is 0.571. The van der Waals surface area contributed by atoms with E-state index in [9.17, 15) is 14.7 Å². The molecule has 2 aromatic rings. The Morgan fingerprint density at radius 3 is 2.69 bits per heavy atom. The number of aromatic nitrogens is 2. The molecule has 0 aromatic carbocycles. The molecule has 3 rings (SSSR count). The van der Waals surface area contributed by atoms with Gasteiger partial charge in [0.1, 0.15) is 11.2 Å². The maximum absolute atomic E-state index is 15.1. The van der Waals surface area contributed by atoms with E-state index in [1.165, 1.54) is 6.20 Å². The summed E-state index contributed by atoms with van der Waals surface area (Å²) in [5.74, 6) is -1.29. The van der Waals surface area contributed by atoms with Crippen molar-refractivity contribution in [1.29, 1.82) is 0 Å². The van der Waals surface area contributed by atoms with E-state index >= 15 is 4.39 Å². The average molecular weight is 405 g/mol. The summed E-state index contributed by atoms with van der Waals surface area (Å²) in [6, 6.07) is 1.14. The maximum atomic E-state index is 15.1. The third-order valence-corrected chi connectivity index (χ3v) is 5.48. The lowest BCUT2D eigenvalue weighted by atomic mass is 10.0. The van der Waals surface area contributed by atoms with E-state index in [1.54, 1.807) is 16.4 Å². The van der Waals surface area contributed by atoms with Crippen molar-refractivity contribution >= 4 is 22.8 Å². The number of anilines is 1. The molecule has 0 spiro atoms. The van der Waals surface area contributed by atoms with Gasteiger partial charge in [-0.2, -0.15) is 0 Å². The van der Waals surface area contributed by atoms with Crippen LogP contribution in [-0.4, -0.2) is 45.9 Å². The Bertz CT molecular complexity index is 1010. The number of pyridine rings is 2. The van der Waals surface area contributed by atoms with Gasteiger partial charge in [-0.1, -0.05) is 0 Å². The minimum absolute atomic E-state index is 0.0247. The quantitative estimate of drug-likeness (QED) is 0.788. The van der Waals surface area contributed by atoms with E-state index in [4.69, 9.17) is 4.74 Å². The van der Waals surface area contributed by atoms with Crippen LogP contribution in [0, 0.1) is 5.82 Å². The highest BCUT2D eigenvalue weighted by atomic mass is 19.1. The minimum Gasteiger partial charge on any atom is -0.462 e. The summed E-state index contributed by atoms with van der Waals surface area (Å²) >= 11 is 0. The molecule has 29 heavy (non-hydrogen) atoms. The summed E-state index contributed by atoms with van der Waals surface area (Å²) in [4.78, 5) is 31.5. The van der Waals surface area contributed by atoms with Crippen LogP contribution in [0.2, 0.25) is 0 Å². The molecule has 1 atom stereocenters. The number of hydrogen-bond donors (Lipinski definition) is 1. The molecule has 1 saturated heterocycles. The largest absolute Gasteiger partial charge is 0.462 e. The minimum atomic E-state index is -0.741. The molecular formula is C21H28FN3O4. The van der Waals surface area contributed by atoms with Crippen molar-refractivity contribution in [2.75, 3.05) is 24.7 Å². The first-order valence-electron chi connectivity index (χ1n) is 9.85. The highest BCUT2D eigenvalue weighted by molar-refractivity contribution is 5.93. The molecule has 1 fully saturated rings. The van der Waals surface area contributed by atoms with E-state index in [0.717, 1.165) is 18.9 Å². The van der Waals surface area contributed by atoms with Crippen LogP contribution in [0.5, 0.6) is 0 Å². The molecule has 1 aliphatic heterocycles. The molecule has 0 bridgehead atoms. The third kappa shape index (κ3) is 3.61. The van der Waals surface area contributed by atoms with Gasteiger partial charge in [0.2, 0.25) is 5.43 Å². The second-order valence-electron chi connectivity index (χ2n) is 8.71. The van der Waals surface area contributed by atoms with Gasteiger partial charge in [0.15, 0.2) is 11.6 Å². The van der Waals surface area contributed by atoms with Crippen LogP contribution in [0.3, 0.4) is 0 Å². The van der Waals surface area contributed by atoms with Crippen LogP contribution in [0.1, 0.15) is 57.8 Å². The van der Waals surface area contributed by atoms with Crippen LogP contribution in [-0.2, 0) is 10.3 Å². The smallest absolute Gasteiger partial charge is 0.343 e. The predicted octanol–water partition coefficient (Wildman–Crippen LogP) is 2.82. The monoisotopic (exact) mass is 405 g/mol. The summed E-state index contributed by atoms with van der Waals surface area (Å²) in [5, 5.41) is 9.86. The van der Waals surface area contributed by atoms with Crippen molar-refractivity contribution in [3.63, 3.8) is 0 Å². The SMILES string of the molecule is CCOC(=O)c1cn(C(C)(C)C)c2nc(N3CCCC3(C)CO)c(F)cc2c1=O. The van der Waals surface area contributed by atoms with Crippen LogP contribution in [0.4, 0.5) is 10.2 Å².